The molecule has 4 nitrogen and oxygen atoms in total. The van der Waals surface area contributed by atoms with Crippen molar-refractivity contribution < 1.29 is 4.79 Å². The number of nitrogens with one attached hydrogen (secondary N) is 1. The molecule has 24 heavy (non-hydrogen) atoms. The Hall–Kier alpha value is -2.48. The molecule has 0 saturated carbocycles. The molecule has 2 rings (SSSR count). The topological polar surface area (TPSA) is 56.1 Å². The minimum absolute atomic E-state index is 0.0308. The number of para-hydroxylation sites is 1. The van der Waals surface area contributed by atoms with Crippen molar-refractivity contribution in [3.8, 4) is 6.07 Å². The summed E-state index contributed by atoms with van der Waals surface area (Å²) in [7, 11) is 0. The maximum Gasteiger partial charge on any atom is 0.267 e. The van der Waals surface area contributed by atoms with Crippen LogP contribution in [0.25, 0.3) is 0 Å². The van der Waals surface area contributed by atoms with Crippen LogP contribution in [0, 0.1) is 11.3 Å². The van der Waals surface area contributed by atoms with Crippen LogP contribution in [-0.4, -0.2) is 12.5 Å². The average Bonchev–Trinajstić information content (AvgIpc) is 2.60. The molecule has 0 radical (unpaired) electrons. The minimum Gasteiger partial charge on any atom is -0.347 e. The van der Waals surface area contributed by atoms with Gasteiger partial charge in [-0.2, -0.15) is 5.26 Å². The Balaban J connectivity index is 2.25. The standard InChI is InChI=1S/C18H15Cl2N3O/c1-2-23(15-6-4-3-5-7-15)12-13(11-21)18(24)22-17-10-14(19)8-9-16(17)20/h3-10,12H,2H2,1H3,(H,22,24)/b13-12-. The highest BCUT2D eigenvalue weighted by molar-refractivity contribution is 6.35. The van der Waals surface area contributed by atoms with E-state index in [0.717, 1.165) is 5.69 Å². The largest absolute Gasteiger partial charge is 0.347 e. The molecule has 122 valence electrons. The number of nitrogens with zero attached hydrogens (tertiary/aromatic N) is 2. The highest BCUT2D eigenvalue weighted by Gasteiger charge is 2.13. The molecule has 0 saturated heterocycles. The van der Waals surface area contributed by atoms with E-state index in [1.165, 1.54) is 12.3 Å². The Labute approximate surface area is 150 Å². The van der Waals surface area contributed by atoms with E-state index < -0.39 is 5.91 Å². The molecular formula is C18H15Cl2N3O. The summed E-state index contributed by atoms with van der Waals surface area (Å²) in [5.74, 6) is -0.545. The Morgan fingerprint density at radius 2 is 1.96 bits per heavy atom. The summed E-state index contributed by atoms with van der Waals surface area (Å²) in [6, 6.07) is 16.2. The highest BCUT2D eigenvalue weighted by Crippen LogP contribution is 2.26. The van der Waals surface area contributed by atoms with Crippen LogP contribution in [0.1, 0.15) is 6.92 Å². The molecule has 2 aromatic carbocycles. The number of nitriles is 1. The van der Waals surface area contributed by atoms with Gasteiger partial charge in [0.15, 0.2) is 0 Å². The van der Waals surface area contributed by atoms with Crippen LogP contribution in [0.3, 0.4) is 0 Å². The fourth-order valence-electron chi connectivity index (χ4n) is 2.04. The van der Waals surface area contributed by atoms with Gasteiger partial charge >= 0.3 is 0 Å². The van der Waals surface area contributed by atoms with Crippen molar-refractivity contribution in [3.05, 3.63) is 70.3 Å². The first kappa shape index (κ1) is 17.9. The van der Waals surface area contributed by atoms with Crippen LogP contribution in [0.4, 0.5) is 11.4 Å². The van der Waals surface area contributed by atoms with Crippen LogP contribution in [0.15, 0.2) is 60.3 Å². The van der Waals surface area contributed by atoms with E-state index in [0.29, 0.717) is 22.3 Å². The van der Waals surface area contributed by atoms with E-state index in [4.69, 9.17) is 23.2 Å². The first-order valence-corrected chi connectivity index (χ1v) is 8.00. The van der Waals surface area contributed by atoms with Gasteiger partial charge in [0.2, 0.25) is 0 Å². The van der Waals surface area contributed by atoms with Crippen molar-refractivity contribution in [1.29, 1.82) is 5.26 Å². The average molecular weight is 360 g/mol. The van der Waals surface area contributed by atoms with Crippen LogP contribution in [0.5, 0.6) is 0 Å². The number of amides is 1. The van der Waals surface area contributed by atoms with Gasteiger partial charge in [0.25, 0.3) is 5.91 Å². The zero-order valence-electron chi connectivity index (χ0n) is 13.0. The van der Waals surface area contributed by atoms with Gasteiger partial charge in [-0.1, -0.05) is 41.4 Å². The summed E-state index contributed by atoms with van der Waals surface area (Å²) < 4.78 is 0. The molecule has 0 aliphatic rings. The SMILES string of the molecule is CCN(/C=C(/C#N)C(=O)Nc1cc(Cl)ccc1Cl)c1ccccc1. The Bertz CT molecular complexity index is 798. The quantitative estimate of drug-likeness (QED) is 0.612. The minimum atomic E-state index is -0.545. The molecule has 0 aliphatic carbocycles. The summed E-state index contributed by atoms with van der Waals surface area (Å²) in [5.41, 5.74) is 1.22. The number of halogens is 2. The third-order valence-electron chi connectivity index (χ3n) is 3.26. The molecule has 6 heteroatoms. The Kier molecular flexibility index (Phi) is 6.25. The summed E-state index contributed by atoms with van der Waals surface area (Å²) in [6.45, 7) is 2.55. The van der Waals surface area contributed by atoms with Gasteiger partial charge in [-0.25, -0.2) is 0 Å². The maximum atomic E-state index is 12.4. The summed E-state index contributed by atoms with van der Waals surface area (Å²) in [6.07, 6.45) is 1.52. The monoisotopic (exact) mass is 359 g/mol. The van der Waals surface area contributed by atoms with Gasteiger partial charge in [-0.3, -0.25) is 4.79 Å². The summed E-state index contributed by atoms with van der Waals surface area (Å²) in [4.78, 5) is 14.2. The number of rotatable bonds is 5. The van der Waals surface area contributed by atoms with E-state index in [2.05, 4.69) is 5.32 Å². The molecule has 2 aromatic rings. The third-order valence-corrected chi connectivity index (χ3v) is 3.82. The van der Waals surface area contributed by atoms with Gasteiger partial charge in [0.1, 0.15) is 11.6 Å². The number of carbonyl (C=O) groups is 1. The first-order chi connectivity index (χ1) is 11.5. The molecule has 0 fully saturated rings. The number of anilines is 2. The van der Waals surface area contributed by atoms with Crippen molar-refractivity contribution >= 4 is 40.5 Å². The normalized spacial score (nSPS) is 10.8. The van der Waals surface area contributed by atoms with Crippen LogP contribution in [0.2, 0.25) is 10.0 Å². The van der Waals surface area contributed by atoms with Crippen molar-refractivity contribution in [2.45, 2.75) is 6.92 Å². The molecule has 0 bridgehead atoms. The van der Waals surface area contributed by atoms with Crippen LogP contribution >= 0.6 is 23.2 Å². The fraction of sp³-hybridized carbons (Fsp3) is 0.111. The van der Waals surface area contributed by atoms with Crippen molar-refractivity contribution in [1.82, 2.24) is 0 Å². The fourth-order valence-corrected chi connectivity index (χ4v) is 2.38. The predicted octanol–water partition coefficient (Wildman–Crippen LogP) is 4.87. The zero-order valence-corrected chi connectivity index (χ0v) is 14.5. The summed E-state index contributed by atoms with van der Waals surface area (Å²) in [5, 5.41) is 12.7. The second-order valence-electron chi connectivity index (χ2n) is 4.85. The number of hydrogen-bond donors (Lipinski definition) is 1. The molecule has 0 aliphatic heterocycles. The number of benzene rings is 2. The first-order valence-electron chi connectivity index (χ1n) is 7.25. The molecule has 0 atom stereocenters. The lowest BCUT2D eigenvalue weighted by Gasteiger charge is -2.19. The highest BCUT2D eigenvalue weighted by atomic mass is 35.5. The molecule has 1 N–H and O–H groups in total. The van der Waals surface area contributed by atoms with Gasteiger partial charge < -0.3 is 10.2 Å². The lowest BCUT2D eigenvalue weighted by Crippen LogP contribution is -2.20. The van der Waals surface area contributed by atoms with E-state index in [9.17, 15) is 10.1 Å². The lowest BCUT2D eigenvalue weighted by molar-refractivity contribution is -0.112. The molecule has 0 heterocycles. The second kappa shape index (κ2) is 8.39. The van der Waals surface area contributed by atoms with E-state index >= 15 is 0 Å². The van der Waals surface area contributed by atoms with Gasteiger partial charge in [0, 0.05) is 23.5 Å². The van der Waals surface area contributed by atoms with Crippen molar-refractivity contribution in [3.63, 3.8) is 0 Å². The Morgan fingerprint density at radius 1 is 1.25 bits per heavy atom. The van der Waals surface area contributed by atoms with Crippen molar-refractivity contribution in [2.75, 3.05) is 16.8 Å². The van der Waals surface area contributed by atoms with Crippen LogP contribution in [-0.2, 0) is 4.79 Å². The van der Waals surface area contributed by atoms with Crippen LogP contribution < -0.4 is 10.2 Å². The lowest BCUT2D eigenvalue weighted by atomic mass is 10.2. The van der Waals surface area contributed by atoms with Crippen molar-refractivity contribution in [2.24, 2.45) is 0 Å². The van der Waals surface area contributed by atoms with E-state index in [1.54, 1.807) is 12.1 Å². The Morgan fingerprint density at radius 3 is 2.58 bits per heavy atom. The van der Waals surface area contributed by atoms with E-state index in [1.807, 2.05) is 48.2 Å². The molecule has 0 spiro atoms. The predicted molar refractivity (Wildman–Crippen MR) is 98.2 cm³/mol. The molecule has 1 amide bonds. The number of carbonyl (C=O) groups excluding carboxylic acids is 1. The molecular weight excluding hydrogens is 345 g/mol. The molecule has 0 unspecified atom stereocenters. The summed E-state index contributed by atoms with van der Waals surface area (Å²) >= 11 is 11.9. The maximum absolute atomic E-state index is 12.4. The smallest absolute Gasteiger partial charge is 0.267 e. The number of hydrogen-bond acceptors (Lipinski definition) is 3. The van der Waals surface area contributed by atoms with Gasteiger partial charge in [0.05, 0.1) is 10.7 Å². The molecule has 0 aromatic heterocycles. The zero-order chi connectivity index (χ0) is 17.5. The van der Waals surface area contributed by atoms with E-state index in [-0.39, 0.29) is 5.57 Å². The van der Waals surface area contributed by atoms with Gasteiger partial charge in [-0.15, -0.1) is 0 Å². The second-order valence-corrected chi connectivity index (χ2v) is 5.70. The van der Waals surface area contributed by atoms with Gasteiger partial charge in [-0.05, 0) is 37.3 Å². The third kappa shape index (κ3) is 4.51.